The fraction of sp³-hybridized carbons (Fsp3) is 0.238. The summed E-state index contributed by atoms with van der Waals surface area (Å²) in [5.74, 6) is 0.550. The molecule has 0 fully saturated rings. The van der Waals surface area contributed by atoms with Crippen LogP contribution in [0.5, 0.6) is 0 Å². The van der Waals surface area contributed by atoms with Gasteiger partial charge in [-0.2, -0.15) is 0 Å². The number of nitrogens with one attached hydrogen (secondary N) is 2. The Hall–Kier alpha value is -2.44. The van der Waals surface area contributed by atoms with Crippen LogP contribution in [0, 0.1) is 0 Å². The fourth-order valence-corrected chi connectivity index (χ4v) is 2.76. The van der Waals surface area contributed by atoms with E-state index in [0.29, 0.717) is 5.82 Å². The molecular formula is C21H26BrN5. The number of anilines is 2. The lowest BCUT2D eigenvalue weighted by molar-refractivity contribution is 0.660. The predicted molar refractivity (Wildman–Crippen MR) is 117 cm³/mol. The van der Waals surface area contributed by atoms with Gasteiger partial charge in [-0.1, -0.05) is 36.4 Å². The number of pyridine rings is 2. The van der Waals surface area contributed by atoms with Crippen molar-refractivity contribution in [1.29, 1.82) is 0 Å². The summed E-state index contributed by atoms with van der Waals surface area (Å²) in [6.45, 7) is 2.81. The maximum Gasteiger partial charge on any atom is 0.146 e. The van der Waals surface area contributed by atoms with Gasteiger partial charge in [0.05, 0.1) is 5.69 Å². The zero-order chi connectivity index (χ0) is 19.2. The van der Waals surface area contributed by atoms with E-state index >= 15 is 0 Å². The number of hydrogen-bond donors (Lipinski definition) is 3. The molecule has 0 atom stereocenters. The largest absolute Gasteiger partial charge is 0.382 e. The molecule has 0 spiro atoms. The molecule has 4 N–H and O–H groups in total. The first-order valence-electron chi connectivity index (χ1n) is 9.01. The molecular weight excluding hydrogens is 402 g/mol. The van der Waals surface area contributed by atoms with Gasteiger partial charge in [0.1, 0.15) is 10.4 Å². The SMILES string of the molecule is Nc1ncccc1NCCCNCCc1ccnc(Br)c1.c1ccccc1. The number of hydrogen-bond acceptors (Lipinski definition) is 5. The monoisotopic (exact) mass is 427 g/mol. The molecule has 2 aromatic heterocycles. The summed E-state index contributed by atoms with van der Waals surface area (Å²) >= 11 is 3.38. The van der Waals surface area contributed by atoms with Crippen molar-refractivity contribution in [3.63, 3.8) is 0 Å². The molecule has 0 bridgehead atoms. The second-order valence-electron chi connectivity index (χ2n) is 5.86. The third-order valence-electron chi connectivity index (χ3n) is 3.73. The molecule has 0 radical (unpaired) electrons. The van der Waals surface area contributed by atoms with Crippen molar-refractivity contribution in [3.8, 4) is 0 Å². The Morgan fingerprint density at radius 1 is 0.852 bits per heavy atom. The van der Waals surface area contributed by atoms with E-state index in [-0.39, 0.29) is 0 Å². The standard InChI is InChI=1S/C15H20BrN5.C6H6/c16-14-11-12(5-10-20-14)4-9-18-6-2-8-19-13-3-1-7-21-15(13)17;1-2-4-6-5-3-1/h1,3,5,7,10-11,18-19H,2,4,6,8-9H2,(H2,17,21);1-6H. The second-order valence-corrected chi connectivity index (χ2v) is 6.67. The smallest absolute Gasteiger partial charge is 0.146 e. The van der Waals surface area contributed by atoms with Crippen molar-refractivity contribution in [2.75, 3.05) is 30.7 Å². The lowest BCUT2D eigenvalue weighted by atomic mass is 10.2. The van der Waals surface area contributed by atoms with Gasteiger partial charge < -0.3 is 16.4 Å². The normalized spacial score (nSPS) is 9.96. The summed E-state index contributed by atoms with van der Waals surface area (Å²) in [6, 6.07) is 19.9. The summed E-state index contributed by atoms with van der Waals surface area (Å²) < 4.78 is 0.887. The highest BCUT2D eigenvalue weighted by Crippen LogP contribution is 2.12. The van der Waals surface area contributed by atoms with Crippen molar-refractivity contribution in [1.82, 2.24) is 15.3 Å². The second kappa shape index (κ2) is 12.8. The average Bonchev–Trinajstić information content (AvgIpc) is 2.70. The highest BCUT2D eigenvalue weighted by Gasteiger charge is 1.98. The first-order chi connectivity index (χ1) is 13.3. The number of rotatable bonds is 8. The van der Waals surface area contributed by atoms with E-state index in [4.69, 9.17) is 5.73 Å². The van der Waals surface area contributed by atoms with Crippen molar-refractivity contribution in [2.24, 2.45) is 0 Å². The Morgan fingerprint density at radius 3 is 2.26 bits per heavy atom. The minimum absolute atomic E-state index is 0.550. The van der Waals surface area contributed by atoms with Crippen LogP contribution in [-0.2, 0) is 6.42 Å². The van der Waals surface area contributed by atoms with Gasteiger partial charge in [-0.05, 0) is 71.7 Å². The van der Waals surface area contributed by atoms with Crippen LogP contribution >= 0.6 is 15.9 Å². The summed E-state index contributed by atoms with van der Waals surface area (Å²) in [7, 11) is 0. The maximum atomic E-state index is 5.76. The molecule has 0 aliphatic rings. The van der Waals surface area contributed by atoms with E-state index in [9.17, 15) is 0 Å². The number of nitrogen functional groups attached to an aromatic ring is 1. The molecule has 0 saturated heterocycles. The van der Waals surface area contributed by atoms with Gasteiger partial charge >= 0.3 is 0 Å². The molecule has 5 nitrogen and oxygen atoms in total. The molecule has 0 saturated carbocycles. The number of aromatic nitrogens is 2. The molecule has 27 heavy (non-hydrogen) atoms. The lowest BCUT2D eigenvalue weighted by Crippen LogP contribution is -2.20. The fourth-order valence-electron chi connectivity index (χ4n) is 2.34. The summed E-state index contributed by atoms with van der Waals surface area (Å²) in [5, 5.41) is 6.72. The molecule has 0 aliphatic heterocycles. The van der Waals surface area contributed by atoms with Crippen LogP contribution in [0.3, 0.4) is 0 Å². The molecule has 0 unspecified atom stereocenters. The zero-order valence-electron chi connectivity index (χ0n) is 15.3. The quantitative estimate of drug-likeness (QED) is 0.371. The van der Waals surface area contributed by atoms with Crippen LogP contribution in [0.2, 0.25) is 0 Å². The first-order valence-corrected chi connectivity index (χ1v) is 9.80. The minimum Gasteiger partial charge on any atom is -0.382 e. The molecule has 3 rings (SSSR count). The topological polar surface area (TPSA) is 75.9 Å². The number of halogens is 1. The Bertz CT molecular complexity index is 741. The van der Waals surface area contributed by atoms with E-state index in [1.807, 2.05) is 60.8 Å². The molecule has 3 aromatic rings. The Balaban J connectivity index is 0.000000369. The van der Waals surface area contributed by atoms with Crippen molar-refractivity contribution in [2.45, 2.75) is 12.8 Å². The van der Waals surface area contributed by atoms with Gasteiger partial charge in [0.15, 0.2) is 0 Å². The zero-order valence-corrected chi connectivity index (χ0v) is 16.9. The number of nitrogens with two attached hydrogens (primary N) is 1. The van der Waals surface area contributed by atoms with Gasteiger partial charge in [-0.25, -0.2) is 9.97 Å². The highest BCUT2D eigenvalue weighted by atomic mass is 79.9. The molecule has 2 heterocycles. The molecule has 0 amide bonds. The van der Waals surface area contributed by atoms with E-state index < -0.39 is 0 Å². The van der Waals surface area contributed by atoms with Crippen molar-refractivity contribution >= 4 is 27.4 Å². The Kier molecular flexibility index (Phi) is 9.92. The van der Waals surface area contributed by atoms with Crippen LogP contribution in [-0.4, -0.2) is 29.6 Å². The molecule has 6 heteroatoms. The van der Waals surface area contributed by atoms with Gasteiger partial charge in [0.2, 0.25) is 0 Å². The average molecular weight is 428 g/mol. The molecule has 0 aliphatic carbocycles. The third-order valence-corrected chi connectivity index (χ3v) is 4.17. The third kappa shape index (κ3) is 9.17. The molecule has 1 aromatic carbocycles. The van der Waals surface area contributed by atoms with Crippen LogP contribution in [0.15, 0.2) is 77.7 Å². The van der Waals surface area contributed by atoms with E-state index in [1.165, 1.54) is 5.56 Å². The minimum atomic E-state index is 0.550. The van der Waals surface area contributed by atoms with Gasteiger partial charge in [0, 0.05) is 18.9 Å². The molecule has 142 valence electrons. The van der Waals surface area contributed by atoms with Crippen LogP contribution in [0.25, 0.3) is 0 Å². The van der Waals surface area contributed by atoms with Gasteiger partial charge in [-0.15, -0.1) is 0 Å². The van der Waals surface area contributed by atoms with Crippen molar-refractivity contribution < 1.29 is 0 Å². The van der Waals surface area contributed by atoms with Crippen LogP contribution in [0.4, 0.5) is 11.5 Å². The van der Waals surface area contributed by atoms with E-state index in [1.54, 1.807) is 6.20 Å². The summed E-state index contributed by atoms with van der Waals surface area (Å²) in [6.07, 6.45) is 5.56. The first kappa shape index (κ1) is 20.9. The lowest BCUT2D eigenvalue weighted by Gasteiger charge is -2.09. The summed E-state index contributed by atoms with van der Waals surface area (Å²) in [4.78, 5) is 8.16. The van der Waals surface area contributed by atoms with Crippen LogP contribution in [0.1, 0.15) is 12.0 Å². The summed E-state index contributed by atoms with van der Waals surface area (Å²) in [5.41, 5.74) is 7.95. The highest BCUT2D eigenvalue weighted by molar-refractivity contribution is 9.10. The number of benzene rings is 1. The Labute approximate surface area is 169 Å². The van der Waals surface area contributed by atoms with E-state index in [0.717, 1.165) is 42.8 Å². The van der Waals surface area contributed by atoms with Crippen molar-refractivity contribution in [3.05, 3.63) is 83.2 Å². The van der Waals surface area contributed by atoms with E-state index in [2.05, 4.69) is 42.6 Å². The predicted octanol–water partition coefficient (Wildman–Crippen LogP) is 4.14. The van der Waals surface area contributed by atoms with Gasteiger partial charge in [-0.3, -0.25) is 0 Å². The van der Waals surface area contributed by atoms with Crippen LogP contribution < -0.4 is 16.4 Å². The Morgan fingerprint density at radius 2 is 1.59 bits per heavy atom. The number of nitrogens with zero attached hydrogens (tertiary/aromatic N) is 2. The maximum absolute atomic E-state index is 5.76. The van der Waals surface area contributed by atoms with Gasteiger partial charge in [0.25, 0.3) is 0 Å².